The van der Waals surface area contributed by atoms with Crippen LogP contribution < -0.4 is 5.32 Å². The minimum Gasteiger partial charge on any atom is -0.481 e. The molecule has 25 heavy (non-hydrogen) atoms. The third-order valence-corrected chi connectivity index (χ3v) is 3.62. The Labute approximate surface area is 144 Å². The topological polar surface area (TPSA) is 110 Å². The molecule has 0 saturated heterocycles. The molecule has 2 aromatic carbocycles. The van der Waals surface area contributed by atoms with Gasteiger partial charge < -0.3 is 10.4 Å². The summed E-state index contributed by atoms with van der Waals surface area (Å²) in [6.07, 6.45) is 0.222. The lowest BCUT2D eigenvalue weighted by Gasteiger charge is -2.17. The molecule has 130 valence electrons. The monoisotopic (exact) mass is 342 g/mol. The van der Waals surface area contributed by atoms with Crippen molar-refractivity contribution >= 4 is 17.6 Å². The predicted octanol–water partition coefficient (Wildman–Crippen LogP) is 2.34. The van der Waals surface area contributed by atoms with Gasteiger partial charge in [-0.3, -0.25) is 19.7 Å². The zero-order valence-electron chi connectivity index (χ0n) is 13.4. The standard InChI is InChI=1S/C18H18N2O5/c21-17(11-13-4-2-1-3-5-13)19-15(12-18(22)23)10-14-6-8-16(9-7-14)20(24)25/h1-9,15H,10-12H2,(H,19,21)(H,22,23)/t15-/m0/s1. The summed E-state index contributed by atoms with van der Waals surface area (Å²) in [7, 11) is 0. The van der Waals surface area contributed by atoms with E-state index >= 15 is 0 Å². The molecule has 0 aliphatic carbocycles. The van der Waals surface area contributed by atoms with Crippen LogP contribution in [0.3, 0.4) is 0 Å². The van der Waals surface area contributed by atoms with Crippen molar-refractivity contribution in [1.82, 2.24) is 5.32 Å². The van der Waals surface area contributed by atoms with Gasteiger partial charge in [-0.1, -0.05) is 42.5 Å². The van der Waals surface area contributed by atoms with Crippen molar-refractivity contribution in [3.63, 3.8) is 0 Å². The fourth-order valence-corrected chi connectivity index (χ4v) is 2.48. The average Bonchev–Trinajstić information content (AvgIpc) is 2.55. The van der Waals surface area contributed by atoms with Crippen molar-refractivity contribution < 1.29 is 19.6 Å². The molecule has 7 heteroatoms. The highest BCUT2D eigenvalue weighted by atomic mass is 16.6. The molecule has 0 radical (unpaired) electrons. The second-order valence-corrected chi connectivity index (χ2v) is 5.65. The molecular formula is C18H18N2O5. The maximum Gasteiger partial charge on any atom is 0.305 e. The molecule has 0 bridgehead atoms. The van der Waals surface area contributed by atoms with E-state index in [9.17, 15) is 19.7 Å². The van der Waals surface area contributed by atoms with Crippen molar-refractivity contribution in [2.24, 2.45) is 0 Å². The van der Waals surface area contributed by atoms with E-state index in [0.29, 0.717) is 0 Å². The van der Waals surface area contributed by atoms with Crippen LogP contribution in [0.4, 0.5) is 5.69 Å². The number of carboxylic acids is 1. The number of nitrogens with one attached hydrogen (secondary N) is 1. The quantitative estimate of drug-likeness (QED) is 0.565. The van der Waals surface area contributed by atoms with Crippen molar-refractivity contribution in [3.8, 4) is 0 Å². The van der Waals surface area contributed by atoms with Gasteiger partial charge in [0.15, 0.2) is 0 Å². The van der Waals surface area contributed by atoms with Gasteiger partial charge in [0.1, 0.15) is 0 Å². The molecule has 0 saturated carbocycles. The summed E-state index contributed by atoms with van der Waals surface area (Å²) in [6.45, 7) is 0. The lowest BCUT2D eigenvalue weighted by molar-refractivity contribution is -0.384. The Balaban J connectivity index is 2.01. The summed E-state index contributed by atoms with van der Waals surface area (Å²) in [4.78, 5) is 33.4. The van der Waals surface area contributed by atoms with E-state index in [0.717, 1.165) is 11.1 Å². The highest BCUT2D eigenvalue weighted by Gasteiger charge is 2.17. The first-order chi connectivity index (χ1) is 11.9. The third kappa shape index (κ3) is 6.06. The Morgan fingerprint density at radius 3 is 2.24 bits per heavy atom. The molecule has 0 unspecified atom stereocenters. The van der Waals surface area contributed by atoms with Gasteiger partial charge in [-0.2, -0.15) is 0 Å². The minimum atomic E-state index is -1.02. The van der Waals surface area contributed by atoms with Crippen molar-refractivity contribution in [2.75, 3.05) is 0 Å². The Hall–Kier alpha value is -3.22. The zero-order chi connectivity index (χ0) is 18.2. The van der Waals surface area contributed by atoms with Crippen LogP contribution >= 0.6 is 0 Å². The van der Waals surface area contributed by atoms with Gasteiger partial charge in [0.2, 0.25) is 5.91 Å². The second kappa shape index (κ2) is 8.58. The molecule has 1 atom stereocenters. The lowest BCUT2D eigenvalue weighted by Crippen LogP contribution is -2.38. The molecule has 1 amide bonds. The highest BCUT2D eigenvalue weighted by Crippen LogP contribution is 2.14. The Morgan fingerprint density at radius 2 is 1.68 bits per heavy atom. The van der Waals surface area contributed by atoms with Crippen molar-refractivity contribution in [2.45, 2.75) is 25.3 Å². The van der Waals surface area contributed by atoms with E-state index in [1.54, 1.807) is 12.1 Å². The van der Waals surface area contributed by atoms with E-state index in [1.807, 2.05) is 30.3 Å². The maximum atomic E-state index is 12.1. The van der Waals surface area contributed by atoms with E-state index in [-0.39, 0.29) is 30.9 Å². The summed E-state index contributed by atoms with van der Waals surface area (Å²) >= 11 is 0. The number of rotatable bonds is 8. The van der Waals surface area contributed by atoms with Gasteiger partial charge in [-0.05, 0) is 17.5 Å². The lowest BCUT2D eigenvalue weighted by atomic mass is 10.0. The largest absolute Gasteiger partial charge is 0.481 e. The van der Waals surface area contributed by atoms with Crippen LogP contribution in [0.2, 0.25) is 0 Å². The third-order valence-electron chi connectivity index (χ3n) is 3.62. The molecule has 2 aromatic rings. The summed E-state index contributed by atoms with van der Waals surface area (Å²) in [6, 6.07) is 14.4. The SMILES string of the molecule is O=C(O)C[C@H](Cc1ccc([N+](=O)[O-])cc1)NC(=O)Cc1ccccc1. The number of hydrogen-bond donors (Lipinski definition) is 2. The maximum absolute atomic E-state index is 12.1. The number of nitrogens with zero attached hydrogens (tertiary/aromatic N) is 1. The van der Waals surface area contributed by atoms with Gasteiger partial charge in [0.25, 0.3) is 5.69 Å². The van der Waals surface area contributed by atoms with Gasteiger partial charge in [-0.15, -0.1) is 0 Å². The molecular weight excluding hydrogens is 324 g/mol. The number of hydrogen-bond acceptors (Lipinski definition) is 4. The van der Waals surface area contributed by atoms with Crippen molar-refractivity contribution in [1.29, 1.82) is 0 Å². The number of nitro groups is 1. The first kappa shape index (κ1) is 18.1. The number of aliphatic carboxylic acids is 1. The number of carbonyl (C=O) groups is 2. The summed E-state index contributed by atoms with van der Waals surface area (Å²) in [5.41, 5.74) is 1.52. The predicted molar refractivity (Wildman–Crippen MR) is 91.1 cm³/mol. The first-order valence-electron chi connectivity index (χ1n) is 7.72. The molecule has 0 aliphatic heterocycles. The highest BCUT2D eigenvalue weighted by molar-refractivity contribution is 5.79. The van der Waals surface area contributed by atoms with E-state index in [2.05, 4.69) is 5.32 Å². The molecule has 0 heterocycles. The van der Waals surface area contributed by atoms with Crippen LogP contribution in [0.5, 0.6) is 0 Å². The van der Waals surface area contributed by atoms with Crippen LogP contribution in [0, 0.1) is 10.1 Å². The van der Waals surface area contributed by atoms with Gasteiger partial charge >= 0.3 is 5.97 Å². The van der Waals surface area contributed by atoms with Gasteiger partial charge in [0, 0.05) is 18.2 Å². The van der Waals surface area contributed by atoms with Gasteiger partial charge in [-0.25, -0.2) is 0 Å². The number of nitro benzene ring substituents is 1. The van der Waals surface area contributed by atoms with E-state index in [4.69, 9.17) is 5.11 Å². The van der Waals surface area contributed by atoms with Crippen LogP contribution in [0.25, 0.3) is 0 Å². The first-order valence-corrected chi connectivity index (χ1v) is 7.72. The van der Waals surface area contributed by atoms with Crippen molar-refractivity contribution in [3.05, 3.63) is 75.8 Å². The van der Waals surface area contributed by atoms with Crippen LogP contribution in [-0.2, 0) is 22.4 Å². The Kier molecular flexibility index (Phi) is 6.22. The molecule has 0 fully saturated rings. The minimum absolute atomic E-state index is 0.0355. The Morgan fingerprint density at radius 1 is 1.04 bits per heavy atom. The Bertz CT molecular complexity index is 744. The number of carbonyl (C=O) groups excluding carboxylic acids is 1. The second-order valence-electron chi connectivity index (χ2n) is 5.65. The van der Waals surface area contributed by atoms with Crippen LogP contribution in [0.15, 0.2) is 54.6 Å². The molecule has 2 N–H and O–H groups in total. The summed E-state index contributed by atoms with van der Waals surface area (Å²) < 4.78 is 0. The number of carboxylic acid groups (broad SMARTS) is 1. The number of amides is 1. The molecule has 0 aliphatic rings. The average molecular weight is 342 g/mol. The van der Waals surface area contributed by atoms with Crippen LogP contribution in [-0.4, -0.2) is 27.9 Å². The normalized spacial score (nSPS) is 11.5. The van der Waals surface area contributed by atoms with E-state index < -0.39 is 16.9 Å². The van der Waals surface area contributed by atoms with E-state index in [1.165, 1.54) is 12.1 Å². The number of non-ortho nitro benzene ring substituents is 1. The number of benzene rings is 2. The molecule has 2 rings (SSSR count). The molecule has 0 aromatic heterocycles. The fourth-order valence-electron chi connectivity index (χ4n) is 2.48. The molecule has 0 spiro atoms. The zero-order valence-corrected chi connectivity index (χ0v) is 13.4. The van der Waals surface area contributed by atoms with Gasteiger partial charge in [0.05, 0.1) is 17.8 Å². The smallest absolute Gasteiger partial charge is 0.305 e. The van der Waals surface area contributed by atoms with Crippen LogP contribution in [0.1, 0.15) is 17.5 Å². The summed E-state index contributed by atoms with van der Waals surface area (Å²) in [5.74, 6) is -1.29. The fraction of sp³-hybridized carbons (Fsp3) is 0.222. The summed E-state index contributed by atoms with van der Waals surface area (Å²) in [5, 5.41) is 22.4. The molecule has 7 nitrogen and oxygen atoms in total.